The minimum absolute atomic E-state index is 0.0799. The van der Waals surface area contributed by atoms with Gasteiger partial charge in [-0.2, -0.15) is 0 Å². The van der Waals surface area contributed by atoms with Crippen molar-refractivity contribution in [1.82, 2.24) is 0 Å². The van der Waals surface area contributed by atoms with E-state index in [1.54, 1.807) is 12.1 Å². The average molecular weight is 287 g/mol. The summed E-state index contributed by atoms with van der Waals surface area (Å²) in [6, 6.07) is 6.01. The molecule has 1 aliphatic carbocycles. The number of carbonyl (C=O) groups excluding carboxylic acids is 2. The molecular weight excluding hydrogens is 270 g/mol. The predicted molar refractivity (Wildman–Crippen MR) is 75.9 cm³/mol. The van der Waals surface area contributed by atoms with Crippen LogP contribution < -0.4 is 4.90 Å². The lowest BCUT2D eigenvalue weighted by Gasteiger charge is -2.25. The first-order valence-corrected chi connectivity index (χ1v) is 7.20. The molecule has 1 saturated heterocycles. The van der Waals surface area contributed by atoms with Crippen LogP contribution in [0.5, 0.6) is 0 Å². The lowest BCUT2D eigenvalue weighted by Crippen LogP contribution is -2.31. The number of carbonyl (C=O) groups is 3. The Labute approximate surface area is 122 Å². The van der Waals surface area contributed by atoms with Gasteiger partial charge in [0, 0.05) is 0 Å². The smallest absolute Gasteiger partial charge is 0.335 e. The molecule has 2 aliphatic rings. The van der Waals surface area contributed by atoms with E-state index in [1.807, 2.05) is 0 Å². The van der Waals surface area contributed by atoms with E-state index >= 15 is 0 Å². The molecule has 1 heterocycles. The molecule has 5 nitrogen and oxygen atoms in total. The van der Waals surface area contributed by atoms with Gasteiger partial charge in [-0.15, -0.1) is 0 Å². The second kappa shape index (κ2) is 4.98. The fourth-order valence-electron chi connectivity index (χ4n) is 3.42. The maximum absolute atomic E-state index is 12.5. The predicted octanol–water partition coefficient (Wildman–Crippen LogP) is 2.31. The minimum Gasteiger partial charge on any atom is -0.478 e. The van der Waals surface area contributed by atoms with Gasteiger partial charge in [0.15, 0.2) is 0 Å². The van der Waals surface area contributed by atoms with Gasteiger partial charge in [0.1, 0.15) is 0 Å². The first-order chi connectivity index (χ1) is 9.99. The summed E-state index contributed by atoms with van der Waals surface area (Å²) in [7, 11) is 0. The van der Waals surface area contributed by atoms with Crippen molar-refractivity contribution >= 4 is 23.5 Å². The Morgan fingerprint density at radius 1 is 1.19 bits per heavy atom. The average Bonchev–Trinajstić information content (AvgIpc) is 2.70. The molecule has 2 amide bonds. The SMILES string of the molecule is CC1CCC2C(=O)N(c3cccc(C(=O)O)c3)C(=O)C2C1. The van der Waals surface area contributed by atoms with Crippen molar-refractivity contribution in [3.63, 3.8) is 0 Å². The molecule has 0 radical (unpaired) electrons. The van der Waals surface area contributed by atoms with Crippen molar-refractivity contribution in [3.8, 4) is 0 Å². The summed E-state index contributed by atoms with van der Waals surface area (Å²) in [6.45, 7) is 2.10. The number of fused-ring (bicyclic) bond motifs is 1. The zero-order valence-corrected chi connectivity index (χ0v) is 11.8. The normalized spacial score (nSPS) is 28.6. The largest absolute Gasteiger partial charge is 0.478 e. The first-order valence-electron chi connectivity index (χ1n) is 7.20. The van der Waals surface area contributed by atoms with Gasteiger partial charge in [-0.05, 0) is 43.4 Å². The molecule has 1 saturated carbocycles. The number of hydrogen-bond acceptors (Lipinski definition) is 3. The van der Waals surface area contributed by atoms with Crippen LogP contribution in [0.1, 0.15) is 36.5 Å². The van der Waals surface area contributed by atoms with Gasteiger partial charge in [0.25, 0.3) is 0 Å². The van der Waals surface area contributed by atoms with Crippen LogP contribution in [0, 0.1) is 17.8 Å². The highest BCUT2D eigenvalue weighted by molar-refractivity contribution is 6.22. The molecule has 110 valence electrons. The van der Waals surface area contributed by atoms with E-state index in [-0.39, 0.29) is 29.2 Å². The highest BCUT2D eigenvalue weighted by atomic mass is 16.4. The summed E-state index contributed by atoms with van der Waals surface area (Å²) in [5.74, 6) is -1.45. The Morgan fingerprint density at radius 3 is 2.62 bits per heavy atom. The second-order valence-electron chi connectivity index (χ2n) is 6.00. The van der Waals surface area contributed by atoms with Crippen molar-refractivity contribution < 1.29 is 19.5 Å². The molecule has 3 unspecified atom stereocenters. The van der Waals surface area contributed by atoms with Crippen molar-refractivity contribution in [2.45, 2.75) is 26.2 Å². The zero-order chi connectivity index (χ0) is 15.1. The molecule has 1 N–H and O–H groups in total. The lowest BCUT2D eigenvalue weighted by molar-refractivity contribution is -0.122. The Bertz CT molecular complexity index is 624. The van der Waals surface area contributed by atoms with E-state index in [4.69, 9.17) is 5.11 Å². The molecule has 5 heteroatoms. The molecule has 3 rings (SSSR count). The van der Waals surface area contributed by atoms with Crippen LogP contribution in [-0.2, 0) is 9.59 Å². The number of aromatic carboxylic acids is 1. The second-order valence-corrected chi connectivity index (χ2v) is 6.00. The van der Waals surface area contributed by atoms with Gasteiger partial charge >= 0.3 is 5.97 Å². The minimum atomic E-state index is -1.07. The number of carboxylic acid groups (broad SMARTS) is 1. The molecule has 0 bridgehead atoms. The van der Waals surface area contributed by atoms with Gasteiger partial charge in [-0.25, -0.2) is 4.79 Å². The van der Waals surface area contributed by atoms with Crippen LogP contribution in [0.3, 0.4) is 0 Å². The topological polar surface area (TPSA) is 74.7 Å². The standard InChI is InChI=1S/C16H17NO4/c1-9-5-6-12-13(7-9)15(19)17(14(12)18)11-4-2-3-10(8-11)16(20)21/h2-4,8-9,12-13H,5-7H2,1H3,(H,20,21). The third kappa shape index (κ3) is 2.22. The number of benzene rings is 1. The molecule has 1 aliphatic heterocycles. The summed E-state index contributed by atoms with van der Waals surface area (Å²) in [6.07, 6.45) is 2.44. The summed E-state index contributed by atoms with van der Waals surface area (Å²) in [5, 5.41) is 9.04. The van der Waals surface area contributed by atoms with Gasteiger partial charge in [-0.3, -0.25) is 14.5 Å². The molecule has 3 atom stereocenters. The van der Waals surface area contributed by atoms with Gasteiger partial charge in [0.05, 0.1) is 23.1 Å². The number of rotatable bonds is 2. The van der Waals surface area contributed by atoms with Crippen molar-refractivity contribution in [2.24, 2.45) is 17.8 Å². The van der Waals surface area contributed by atoms with Crippen LogP contribution >= 0.6 is 0 Å². The van der Waals surface area contributed by atoms with E-state index in [0.717, 1.165) is 19.3 Å². The van der Waals surface area contributed by atoms with E-state index in [0.29, 0.717) is 11.6 Å². The van der Waals surface area contributed by atoms with Crippen molar-refractivity contribution in [2.75, 3.05) is 4.90 Å². The summed E-state index contributed by atoms with van der Waals surface area (Å²) in [4.78, 5) is 37.2. The lowest BCUT2D eigenvalue weighted by atomic mass is 9.76. The Kier molecular flexibility index (Phi) is 3.27. The van der Waals surface area contributed by atoms with E-state index in [2.05, 4.69) is 6.92 Å². The summed E-state index contributed by atoms with van der Waals surface area (Å²) >= 11 is 0. The molecule has 1 aromatic rings. The molecular formula is C16H17NO4. The van der Waals surface area contributed by atoms with Gasteiger partial charge in [0.2, 0.25) is 11.8 Å². The monoisotopic (exact) mass is 287 g/mol. The molecule has 1 aromatic carbocycles. The number of nitrogens with zero attached hydrogens (tertiary/aromatic N) is 1. The van der Waals surface area contributed by atoms with Crippen molar-refractivity contribution in [1.29, 1.82) is 0 Å². The zero-order valence-electron chi connectivity index (χ0n) is 11.8. The van der Waals surface area contributed by atoms with Crippen LogP contribution in [0.25, 0.3) is 0 Å². The maximum Gasteiger partial charge on any atom is 0.335 e. The Hall–Kier alpha value is -2.17. The van der Waals surface area contributed by atoms with Crippen LogP contribution in [0.4, 0.5) is 5.69 Å². The molecule has 21 heavy (non-hydrogen) atoms. The fourth-order valence-corrected chi connectivity index (χ4v) is 3.42. The van der Waals surface area contributed by atoms with Crippen LogP contribution in [0.2, 0.25) is 0 Å². The highest BCUT2D eigenvalue weighted by Gasteiger charge is 2.49. The third-order valence-corrected chi connectivity index (χ3v) is 4.54. The first kappa shape index (κ1) is 13.8. The van der Waals surface area contributed by atoms with Gasteiger partial charge < -0.3 is 5.11 Å². The number of amides is 2. The number of hydrogen-bond donors (Lipinski definition) is 1. The Morgan fingerprint density at radius 2 is 1.90 bits per heavy atom. The fraction of sp³-hybridized carbons (Fsp3) is 0.438. The van der Waals surface area contributed by atoms with E-state index in [1.165, 1.54) is 17.0 Å². The molecule has 0 spiro atoms. The summed E-state index contributed by atoms with van der Waals surface area (Å²) in [5.41, 5.74) is 0.447. The maximum atomic E-state index is 12.5. The van der Waals surface area contributed by atoms with Gasteiger partial charge in [-0.1, -0.05) is 13.0 Å². The van der Waals surface area contributed by atoms with Crippen molar-refractivity contribution in [3.05, 3.63) is 29.8 Å². The van der Waals surface area contributed by atoms with E-state index in [9.17, 15) is 14.4 Å². The third-order valence-electron chi connectivity index (χ3n) is 4.54. The Balaban J connectivity index is 1.95. The van der Waals surface area contributed by atoms with Crippen LogP contribution in [0.15, 0.2) is 24.3 Å². The summed E-state index contributed by atoms with van der Waals surface area (Å²) < 4.78 is 0. The van der Waals surface area contributed by atoms with Crippen LogP contribution in [-0.4, -0.2) is 22.9 Å². The number of anilines is 1. The molecule has 0 aromatic heterocycles. The molecule has 2 fully saturated rings. The highest BCUT2D eigenvalue weighted by Crippen LogP contribution is 2.42. The number of imide groups is 1. The number of carboxylic acids is 1. The quantitative estimate of drug-likeness (QED) is 0.847. The van der Waals surface area contributed by atoms with E-state index < -0.39 is 5.97 Å².